The van der Waals surface area contributed by atoms with E-state index < -0.39 is 10.0 Å². The molecule has 0 saturated carbocycles. The second kappa shape index (κ2) is 6.42. The standard InChI is InChI=1S/C17H20BrNO2S/c1-11(2)14-7-5-6-8-16(14)19-22(20,21)17-10-13(4)12(3)9-15(17)18/h5-11,19H,1-4H3. The maximum atomic E-state index is 12.7. The Kier molecular flexibility index (Phi) is 4.97. The Hall–Kier alpha value is -1.33. The minimum absolute atomic E-state index is 0.238. The van der Waals surface area contributed by atoms with Gasteiger partial charge in [-0.3, -0.25) is 4.72 Å². The molecular weight excluding hydrogens is 362 g/mol. The van der Waals surface area contributed by atoms with Crippen LogP contribution in [0.5, 0.6) is 0 Å². The number of aryl methyl sites for hydroxylation is 2. The van der Waals surface area contributed by atoms with Crippen molar-refractivity contribution in [2.45, 2.75) is 38.5 Å². The Morgan fingerprint density at radius 2 is 1.64 bits per heavy atom. The number of hydrogen-bond donors (Lipinski definition) is 1. The van der Waals surface area contributed by atoms with E-state index in [0.29, 0.717) is 10.2 Å². The number of nitrogens with one attached hydrogen (secondary N) is 1. The SMILES string of the molecule is Cc1cc(Br)c(S(=O)(=O)Nc2ccccc2C(C)C)cc1C. The Bertz CT molecular complexity index is 798. The first-order chi connectivity index (χ1) is 10.2. The fraction of sp³-hybridized carbons (Fsp3) is 0.294. The van der Waals surface area contributed by atoms with Crippen molar-refractivity contribution in [3.63, 3.8) is 0 Å². The molecule has 0 unspecified atom stereocenters. The summed E-state index contributed by atoms with van der Waals surface area (Å²) in [5.74, 6) is 0.238. The van der Waals surface area contributed by atoms with Gasteiger partial charge in [-0.25, -0.2) is 8.42 Å². The van der Waals surface area contributed by atoms with Crippen LogP contribution in [0.2, 0.25) is 0 Å². The first kappa shape index (κ1) is 17.0. The smallest absolute Gasteiger partial charge is 0.263 e. The molecule has 1 N–H and O–H groups in total. The van der Waals surface area contributed by atoms with Gasteiger partial charge in [0.1, 0.15) is 4.90 Å². The molecule has 0 heterocycles. The molecule has 0 fully saturated rings. The minimum Gasteiger partial charge on any atom is -0.279 e. The van der Waals surface area contributed by atoms with Crippen LogP contribution in [0.15, 0.2) is 45.8 Å². The average molecular weight is 382 g/mol. The van der Waals surface area contributed by atoms with E-state index in [1.165, 1.54) is 0 Å². The lowest BCUT2D eigenvalue weighted by Crippen LogP contribution is -2.15. The molecule has 0 aliphatic heterocycles. The van der Waals surface area contributed by atoms with Crippen LogP contribution in [0.25, 0.3) is 0 Å². The Morgan fingerprint density at radius 3 is 2.27 bits per heavy atom. The maximum Gasteiger partial charge on any atom is 0.263 e. The van der Waals surface area contributed by atoms with Crippen molar-refractivity contribution in [3.05, 3.63) is 57.6 Å². The van der Waals surface area contributed by atoms with Gasteiger partial charge >= 0.3 is 0 Å². The number of halogens is 1. The summed E-state index contributed by atoms with van der Waals surface area (Å²) in [4.78, 5) is 0.258. The van der Waals surface area contributed by atoms with E-state index in [9.17, 15) is 8.42 Å². The van der Waals surface area contributed by atoms with E-state index in [-0.39, 0.29) is 10.8 Å². The van der Waals surface area contributed by atoms with Gasteiger partial charge in [0.2, 0.25) is 0 Å². The van der Waals surface area contributed by atoms with Crippen LogP contribution in [-0.4, -0.2) is 8.42 Å². The molecule has 2 aromatic carbocycles. The number of anilines is 1. The lowest BCUT2D eigenvalue weighted by Gasteiger charge is -2.16. The van der Waals surface area contributed by atoms with E-state index in [4.69, 9.17) is 0 Å². The molecule has 22 heavy (non-hydrogen) atoms. The van der Waals surface area contributed by atoms with Crippen LogP contribution < -0.4 is 4.72 Å². The molecule has 2 aromatic rings. The number of sulfonamides is 1. The highest BCUT2D eigenvalue weighted by Gasteiger charge is 2.20. The van der Waals surface area contributed by atoms with Crippen molar-refractivity contribution in [1.82, 2.24) is 0 Å². The lowest BCUT2D eigenvalue weighted by atomic mass is 10.0. The molecular formula is C17H20BrNO2S. The van der Waals surface area contributed by atoms with Crippen molar-refractivity contribution in [2.75, 3.05) is 4.72 Å². The highest BCUT2D eigenvalue weighted by Crippen LogP contribution is 2.30. The van der Waals surface area contributed by atoms with E-state index in [1.807, 2.05) is 52.0 Å². The van der Waals surface area contributed by atoms with Crippen molar-refractivity contribution in [1.29, 1.82) is 0 Å². The van der Waals surface area contributed by atoms with Gasteiger partial charge in [0.05, 0.1) is 5.69 Å². The van der Waals surface area contributed by atoms with Gasteiger partial charge in [0, 0.05) is 4.47 Å². The zero-order valence-electron chi connectivity index (χ0n) is 13.1. The highest BCUT2D eigenvalue weighted by molar-refractivity contribution is 9.10. The van der Waals surface area contributed by atoms with E-state index in [0.717, 1.165) is 16.7 Å². The summed E-state index contributed by atoms with van der Waals surface area (Å²) < 4.78 is 28.7. The summed E-state index contributed by atoms with van der Waals surface area (Å²) in [6.07, 6.45) is 0. The predicted octanol–water partition coefficient (Wildman–Crippen LogP) is 4.99. The van der Waals surface area contributed by atoms with E-state index in [1.54, 1.807) is 12.1 Å². The van der Waals surface area contributed by atoms with Crippen molar-refractivity contribution >= 4 is 31.6 Å². The van der Waals surface area contributed by atoms with Crippen LogP contribution in [0.4, 0.5) is 5.69 Å². The summed E-state index contributed by atoms with van der Waals surface area (Å²) in [6, 6.07) is 11.0. The molecule has 0 spiro atoms. The summed E-state index contributed by atoms with van der Waals surface area (Å²) in [5.41, 5.74) is 3.60. The van der Waals surface area contributed by atoms with Gasteiger partial charge < -0.3 is 0 Å². The first-order valence-corrected chi connectivity index (χ1v) is 9.38. The van der Waals surface area contributed by atoms with Gasteiger partial charge in [-0.05, 0) is 70.6 Å². The van der Waals surface area contributed by atoms with Gasteiger partial charge in [-0.1, -0.05) is 32.0 Å². The molecule has 0 saturated heterocycles. The van der Waals surface area contributed by atoms with Gasteiger partial charge in [-0.15, -0.1) is 0 Å². The van der Waals surface area contributed by atoms with Crippen LogP contribution in [0, 0.1) is 13.8 Å². The Morgan fingerprint density at radius 1 is 1.05 bits per heavy atom. The second-order valence-electron chi connectivity index (χ2n) is 5.71. The lowest BCUT2D eigenvalue weighted by molar-refractivity contribution is 0.600. The van der Waals surface area contributed by atoms with Crippen LogP contribution >= 0.6 is 15.9 Å². The molecule has 118 valence electrons. The summed E-state index contributed by atoms with van der Waals surface area (Å²) in [6.45, 7) is 7.94. The average Bonchev–Trinajstić information content (AvgIpc) is 2.42. The summed E-state index contributed by atoms with van der Waals surface area (Å²) in [7, 11) is -3.64. The zero-order valence-corrected chi connectivity index (χ0v) is 15.5. The number of benzene rings is 2. The normalized spacial score (nSPS) is 11.7. The summed E-state index contributed by atoms with van der Waals surface area (Å²) in [5, 5.41) is 0. The molecule has 0 aliphatic carbocycles. The second-order valence-corrected chi connectivity index (χ2v) is 8.22. The molecule has 3 nitrogen and oxygen atoms in total. The van der Waals surface area contributed by atoms with Crippen LogP contribution in [0.1, 0.15) is 36.5 Å². The number of rotatable bonds is 4. The third-order valence-corrected chi connectivity index (χ3v) is 5.99. The third kappa shape index (κ3) is 3.52. The van der Waals surface area contributed by atoms with Crippen LogP contribution in [0.3, 0.4) is 0 Å². The fourth-order valence-corrected chi connectivity index (χ4v) is 4.58. The molecule has 2 rings (SSSR count). The molecule has 0 aliphatic rings. The molecule has 0 aromatic heterocycles. The predicted molar refractivity (Wildman–Crippen MR) is 95.0 cm³/mol. The van der Waals surface area contributed by atoms with E-state index >= 15 is 0 Å². The highest BCUT2D eigenvalue weighted by atomic mass is 79.9. The van der Waals surface area contributed by atoms with E-state index in [2.05, 4.69) is 20.7 Å². The van der Waals surface area contributed by atoms with Crippen LogP contribution in [-0.2, 0) is 10.0 Å². The van der Waals surface area contributed by atoms with Crippen molar-refractivity contribution in [3.8, 4) is 0 Å². The molecule has 0 amide bonds. The third-order valence-electron chi connectivity index (χ3n) is 3.66. The fourth-order valence-electron chi connectivity index (χ4n) is 2.25. The molecule has 0 atom stereocenters. The zero-order chi connectivity index (χ0) is 16.5. The quantitative estimate of drug-likeness (QED) is 0.810. The Balaban J connectivity index is 2.47. The number of hydrogen-bond acceptors (Lipinski definition) is 2. The first-order valence-electron chi connectivity index (χ1n) is 7.11. The van der Waals surface area contributed by atoms with Gasteiger partial charge in [0.15, 0.2) is 0 Å². The van der Waals surface area contributed by atoms with Crippen molar-refractivity contribution < 1.29 is 8.42 Å². The molecule has 0 bridgehead atoms. The summed E-state index contributed by atoms with van der Waals surface area (Å²) >= 11 is 3.36. The maximum absolute atomic E-state index is 12.7. The molecule has 5 heteroatoms. The number of para-hydroxylation sites is 1. The Labute approximate surface area is 140 Å². The van der Waals surface area contributed by atoms with Crippen molar-refractivity contribution in [2.24, 2.45) is 0 Å². The van der Waals surface area contributed by atoms with Gasteiger partial charge in [-0.2, -0.15) is 0 Å². The topological polar surface area (TPSA) is 46.2 Å². The van der Waals surface area contributed by atoms with Gasteiger partial charge in [0.25, 0.3) is 10.0 Å². The minimum atomic E-state index is -3.64. The monoisotopic (exact) mass is 381 g/mol. The molecule has 0 radical (unpaired) electrons. The largest absolute Gasteiger partial charge is 0.279 e.